The van der Waals surface area contributed by atoms with Crippen molar-refractivity contribution in [3.8, 4) is 0 Å². The fourth-order valence-electron chi connectivity index (χ4n) is 3.77. The molecule has 0 aliphatic carbocycles. The second-order valence-electron chi connectivity index (χ2n) is 6.92. The zero-order chi connectivity index (χ0) is 17.6. The number of piperazine rings is 1. The molecule has 1 aliphatic rings. The normalized spacial score (nSPS) is 22.0. The van der Waals surface area contributed by atoms with Crippen LogP contribution in [0, 0.1) is 5.82 Å². The molecular formula is C18H29FN6+2. The van der Waals surface area contributed by atoms with Gasteiger partial charge in [0.05, 0.1) is 13.1 Å². The number of likely N-dealkylation sites (N-methyl/N-ethyl adjacent to an activating group) is 1. The minimum Gasteiger partial charge on any atom is -0.326 e. The van der Waals surface area contributed by atoms with Gasteiger partial charge in [0, 0.05) is 6.42 Å². The molecule has 1 aliphatic heterocycles. The molecule has 1 aromatic carbocycles. The molecule has 1 saturated heterocycles. The van der Waals surface area contributed by atoms with E-state index in [4.69, 9.17) is 0 Å². The van der Waals surface area contributed by atoms with Crippen LogP contribution in [0.1, 0.15) is 44.1 Å². The molecular weight excluding hydrogens is 319 g/mol. The lowest BCUT2D eigenvalue weighted by molar-refractivity contribution is -1.03. The molecule has 0 unspecified atom stereocenters. The lowest BCUT2D eigenvalue weighted by Gasteiger charge is -2.33. The van der Waals surface area contributed by atoms with Crippen LogP contribution in [0.5, 0.6) is 0 Å². The maximum absolute atomic E-state index is 13.1. The number of quaternary nitrogens is 2. The lowest BCUT2D eigenvalue weighted by Crippen LogP contribution is -3.28. The molecule has 1 atom stereocenters. The average Bonchev–Trinajstić information content (AvgIpc) is 3.09. The molecule has 1 fully saturated rings. The number of benzene rings is 1. The van der Waals surface area contributed by atoms with Gasteiger partial charge < -0.3 is 9.80 Å². The van der Waals surface area contributed by atoms with E-state index in [0.29, 0.717) is 12.6 Å². The third-order valence-electron chi connectivity index (χ3n) is 5.29. The number of tetrazole rings is 1. The smallest absolute Gasteiger partial charge is 0.209 e. The SMILES string of the molecule is CCC[C@@H](c1nnnn1Cc1ccc(F)cc1)[NH+]1CC[NH+](CC)CC1. The molecule has 6 nitrogen and oxygen atoms in total. The first-order valence-corrected chi connectivity index (χ1v) is 9.39. The Bertz CT molecular complexity index is 648. The van der Waals surface area contributed by atoms with Crippen molar-refractivity contribution in [2.75, 3.05) is 32.7 Å². The van der Waals surface area contributed by atoms with Gasteiger partial charge in [-0.15, -0.1) is 5.10 Å². The van der Waals surface area contributed by atoms with Gasteiger partial charge in [-0.05, 0) is 35.0 Å². The number of hydrogen-bond acceptors (Lipinski definition) is 3. The summed E-state index contributed by atoms with van der Waals surface area (Å²) in [4.78, 5) is 3.28. The zero-order valence-electron chi connectivity index (χ0n) is 15.2. The molecule has 3 rings (SSSR count). The van der Waals surface area contributed by atoms with Gasteiger partial charge in [-0.3, -0.25) is 0 Å². The average molecular weight is 348 g/mol. The molecule has 0 saturated carbocycles. The summed E-state index contributed by atoms with van der Waals surface area (Å²) in [6, 6.07) is 6.90. The molecule has 0 bridgehead atoms. The summed E-state index contributed by atoms with van der Waals surface area (Å²) in [6.45, 7) is 11.0. The summed E-state index contributed by atoms with van der Waals surface area (Å²) in [6.07, 6.45) is 2.20. The van der Waals surface area contributed by atoms with Gasteiger partial charge in [-0.1, -0.05) is 25.5 Å². The summed E-state index contributed by atoms with van der Waals surface area (Å²) < 4.78 is 15.0. The third kappa shape index (κ3) is 4.41. The number of hydrogen-bond donors (Lipinski definition) is 2. The van der Waals surface area contributed by atoms with Gasteiger partial charge in [0.1, 0.15) is 38.0 Å². The van der Waals surface area contributed by atoms with E-state index in [1.54, 1.807) is 21.9 Å². The predicted molar refractivity (Wildman–Crippen MR) is 92.9 cm³/mol. The largest absolute Gasteiger partial charge is 0.326 e. The van der Waals surface area contributed by atoms with Gasteiger partial charge in [-0.2, -0.15) is 0 Å². The summed E-state index contributed by atoms with van der Waals surface area (Å²) in [7, 11) is 0. The Balaban J connectivity index is 1.76. The van der Waals surface area contributed by atoms with Crippen molar-refractivity contribution in [2.45, 2.75) is 39.3 Å². The Morgan fingerprint density at radius 3 is 2.48 bits per heavy atom. The van der Waals surface area contributed by atoms with Gasteiger partial charge in [0.25, 0.3) is 0 Å². The zero-order valence-corrected chi connectivity index (χ0v) is 15.2. The van der Waals surface area contributed by atoms with Gasteiger partial charge in [-0.25, -0.2) is 9.07 Å². The minimum atomic E-state index is -0.217. The highest BCUT2D eigenvalue weighted by Crippen LogP contribution is 2.14. The molecule has 0 amide bonds. The van der Waals surface area contributed by atoms with Crippen molar-refractivity contribution in [3.63, 3.8) is 0 Å². The Morgan fingerprint density at radius 2 is 1.84 bits per heavy atom. The Hall–Kier alpha value is -1.86. The van der Waals surface area contributed by atoms with E-state index >= 15 is 0 Å². The molecule has 2 N–H and O–H groups in total. The summed E-state index contributed by atoms with van der Waals surface area (Å²) >= 11 is 0. The van der Waals surface area contributed by atoms with Crippen molar-refractivity contribution in [1.82, 2.24) is 20.2 Å². The lowest BCUT2D eigenvalue weighted by atomic mass is 10.1. The highest BCUT2D eigenvalue weighted by atomic mass is 19.1. The van der Waals surface area contributed by atoms with Gasteiger partial charge in [0.2, 0.25) is 5.82 Å². The van der Waals surface area contributed by atoms with Crippen LogP contribution in [0.2, 0.25) is 0 Å². The van der Waals surface area contributed by atoms with Crippen LogP contribution in [0.25, 0.3) is 0 Å². The standard InChI is InChI=1S/C18H27FN6/c1-3-5-17(24-12-10-23(4-2)11-13-24)18-20-21-22-25(18)14-15-6-8-16(19)9-7-15/h6-9,17H,3-5,10-14H2,1-2H3/p+2/t17-/m0/s1. The molecule has 1 aromatic heterocycles. The molecule has 7 heteroatoms. The van der Waals surface area contributed by atoms with Crippen LogP contribution >= 0.6 is 0 Å². The monoisotopic (exact) mass is 348 g/mol. The Kier molecular flexibility index (Phi) is 6.09. The Labute approximate surface area is 148 Å². The number of nitrogens with zero attached hydrogens (tertiary/aromatic N) is 4. The molecule has 0 spiro atoms. The first-order valence-electron chi connectivity index (χ1n) is 9.39. The maximum atomic E-state index is 13.1. The predicted octanol–water partition coefficient (Wildman–Crippen LogP) is -0.495. The number of rotatable bonds is 7. The van der Waals surface area contributed by atoms with Crippen LogP contribution in [0.3, 0.4) is 0 Å². The summed E-state index contributed by atoms with van der Waals surface area (Å²) in [5, 5.41) is 12.5. The second kappa shape index (κ2) is 8.49. The highest BCUT2D eigenvalue weighted by Gasteiger charge is 2.33. The molecule has 136 valence electrons. The molecule has 0 radical (unpaired) electrons. The van der Waals surface area contributed by atoms with Crippen LogP contribution in [0.4, 0.5) is 4.39 Å². The van der Waals surface area contributed by atoms with Crippen LogP contribution in [-0.2, 0) is 6.54 Å². The second-order valence-corrected chi connectivity index (χ2v) is 6.92. The van der Waals surface area contributed by atoms with Crippen molar-refractivity contribution >= 4 is 0 Å². The van der Waals surface area contributed by atoms with Crippen LogP contribution in [-0.4, -0.2) is 52.9 Å². The molecule has 25 heavy (non-hydrogen) atoms. The highest BCUT2D eigenvalue weighted by molar-refractivity contribution is 5.16. The first-order chi connectivity index (χ1) is 12.2. The summed E-state index contributed by atoms with van der Waals surface area (Å²) in [5.74, 6) is 0.742. The number of aromatic nitrogens is 4. The van der Waals surface area contributed by atoms with E-state index in [1.807, 2.05) is 4.68 Å². The van der Waals surface area contributed by atoms with Crippen LogP contribution < -0.4 is 9.80 Å². The Morgan fingerprint density at radius 1 is 1.12 bits per heavy atom. The van der Waals surface area contributed by atoms with Crippen molar-refractivity contribution in [3.05, 3.63) is 41.5 Å². The molecule has 2 heterocycles. The maximum Gasteiger partial charge on any atom is 0.209 e. The third-order valence-corrected chi connectivity index (χ3v) is 5.29. The minimum absolute atomic E-state index is 0.217. The fourth-order valence-corrected chi connectivity index (χ4v) is 3.77. The van der Waals surface area contributed by atoms with Crippen molar-refractivity contribution in [1.29, 1.82) is 0 Å². The van der Waals surface area contributed by atoms with Crippen LogP contribution in [0.15, 0.2) is 24.3 Å². The van der Waals surface area contributed by atoms with Crippen molar-refractivity contribution < 1.29 is 14.2 Å². The van der Waals surface area contributed by atoms with E-state index in [1.165, 1.54) is 31.8 Å². The van der Waals surface area contributed by atoms with Gasteiger partial charge >= 0.3 is 0 Å². The van der Waals surface area contributed by atoms with E-state index in [0.717, 1.165) is 37.3 Å². The van der Waals surface area contributed by atoms with E-state index in [9.17, 15) is 4.39 Å². The molecule has 2 aromatic rings. The van der Waals surface area contributed by atoms with Crippen molar-refractivity contribution in [2.24, 2.45) is 0 Å². The fraction of sp³-hybridized carbons (Fsp3) is 0.611. The van der Waals surface area contributed by atoms with E-state index < -0.39 is 0 Å². The quantitative estimate of drug-likeness (QED) is 0.710. The number of halogens is 1. The van der Waals surface area contributed by atoms with E-state index in [-0.39, 0.29) is 5.82 Å². The topological polar surface area (TPSA) is 52.5 Å². The summed E-state index contributed by atoms with van der Waals surface area (Å²) in [5.41, 5.74) is 1.01. The van der Waals surface area contributed by atoms with E-state index in [2.05, 4.69) is 29.4 Å². The van der Waals surface area contributed by atoms with Gasteiger partial charge in [0.15, 0.2) is 0 Å². The number of nitrogens with one attached hydrogen (secondary N) is 2. The first kappa shape index (κ1) is 17.9.